The summed E-state index contributed by atoms with van der Waals surface area (Å²) in [4.78, 5) is 42.3. The third kappa shape index (κ3) is 5.81. The lowest BCUT2D eigenvalue weighted by molar-refractivity contribution is -0.0455. The van der Waals surface area contributed by atoms with Crippen LogP contribution in [0.25, 0.3) is 22.3 Å². The first-order valence-corrected chi connectivity index (χ1v) is 17.4. The number of thiol groups is 1. The summed E-state index contributed by atoms with van der Waals surface area (Å²) in [7, 11) is 0. The van der Waals surface area contributed by atoms with E-state index in [1.54, 1.807) is 10.6 Å². The number of hydrogen-bond acceptors (Lipinski definition) is 13. The number of rotatable bonds is 1. The maximum absolute atomic E-state index is 15.8. The van der Waals surface area contributed by atoms with Gasteiger partial charge in [0.25, 0.3) is 5.56 Å². The van der Waals surface area contributed by atoms with Crippen LogP contribution in [-0.2, 0) is 52.4 Å². The Labute approximate surface area is 244 Å². The van der Waals surface area contributed by atoms with Crippen molar-refractivity contribution in [3.05, 3.63) is 39.8 Å². The number of imidazole rings is 2. The predicted molar refractivity (Wildman–Crippen MR) is 149 cm³/mol. The third-order valence-corrected chi connectivity index (χ3v) is 9.63. The van der Waals surface area contributed by atoms with E-state index in [0.717, 1.165) is 6.33 Å². The zero-order valence-electron chi connectivity index (χ0n) is 20.4. The van der Waals surface area contributed by atoms with Crippen molar-refractivity contribution in [3.63, 3.8) is 0 Å². The summed E-state index contributed by atoms with van der Waals surface area (Å²) in [5.41, 5.74) is 5.67. The number of aromatic nitrogens is 7. The van der Waals surface area contributed by atoms with Gasteiger partial charge in [-0.3, -0.25) is 27.9 Å². The van der Waals surface area contributed by atoms with Gasteiger partial charge >= 0.3 is 13.5 Å². The predicted octanol–water partition coefficient (Wildman–Crippen LogP) is 2.24. The van der Waals surface area contributed by atoms with E-state index >= 15 is 4.39 Å². The van der Waals surface area contributed by atoms with Gasteiger partial charge in [0.15, 0.2) is 29.2 Å². The second-order valence-corrected chi connectivity index (χ2v) is 15.0. The average Bonchev–Trinajstić information content (AvgIpc) is 3.55. The van der Waals surface area contributed by atoms with Crippen LogP contribution in [0.3, 0.4) is 0 Å². The zero-order chi connectivity index (χ0) is 29.1. The Morgan fingerprint density at radius 1 is 1.27 bits per heavy atom. The van der Waals surface area contributed by atoms with E-state index < -0.39 is 50.3 Å². The highest BCUT2D eigenvalue weighted by atomic mass is 35.5. The van der Waals surface area contributed by atoms with E-state index in [1.165, 1.54) is 10.8 Å². The highest BCUT2D eigenvalue weighted by molar-refractivity contribution is 8.44. The molecule has 0 aromatic carbocycles. The van der Waals surface area contributed by atoms with E-state index in [2.05, 4.69) is 37.2 Å². The quantitative estimate of drug-likeness (QED) is 0.170. The minimum Gasteiger partial charge on any atom is -0.369 e. The molecule has 4 N–H and O–H groups in total. The van der Waals surface area contributed by atoms with Crippen molar-refractivity contribution in [2.24, 2.45) is 0 Å². The number of anilines is 1. The van der Waals surface area contributed by atoms with Crippen molar-refractivity contribution in [2.45, 2.75) is 37.8 Å². The molecular weight excluding hydrogens is 649 g/mol. The van der Waals surface area contributed by atoms with Gasteiger partial charge in [-0.2, -0.15) is 4.98 Å². The van der Waals surface area contributed by atoms with Crippen LogP contribution in [-0.4, -0.2) is 70.5 Å². The van der Waals surface area contributed by atoms with Crippen molar-refractivity contribution < 1.29 is 36.7 Å². The number of ether oxygens (including phenoxy) is 1. The highest BCUT2D eigenvalue weighted by Gasteiger charge is 2.50. The number of fused-ring (bicyclic) bond motifs is 6. The van der Waals surface area contributed by atoms with Gasteiger partial charge in [-0.25, -0.2) is 23.9 Å². The fourth-order valence-electron chi connectivity index (χ4n) is 4.45. The van der Waals surface area contributed by atoms with Crippen LogP contribution in [0.1, 0.15) is 12.1 Å². The van der Waals surface area contributed by atoms with Gasteiger partial charge < -0.3 is 24.5 Å². The first-order chi connectivity index (χ1) is 19.4. The molecule has 2 aliphatic rings. The highest BCUT2D eigenvalue weighted by Crippen LogP contribution is 2.55. The molecule has 0 radical (unpaired) electrons. The zero-order valence-corrected chi connectivity index (χ0v) is 24.7. The maximum Gasteiger partial charge on any atom is 0.386 e. The van der Waals surface area contributed by atoms with Crippen LogP contribution in [0.4, 0.5) is 10.3 Å². The molecule has 1 fully saturated rings. The number of nitrogens with zero attached hydrogens (tertiary/aromatic N) is 6. The summed E-state index contributed by atoms with van der Waals surface area (Å²) >= 11 is 15.2. The fourth-order valence-corrected chi connectivity index (χ4v) is 7.09. The van der Waals surface area contributed by atoms with Gasteiger partial charge in [-0.15, -0.1) is 0 Å². The molecule has 6 atom stereocenters. The van der Waals surface area contributed by atoms with Crippen LogP contribution >= 0.6 is 37.4 Å². The van der Waals surface area contributed by atoms with Crippen LogP contribution in [0.5, 0.6) is 0 Å². The van der Waals surface area contributed by atoms with Gasteiger partial charge in [0.1, 0.15) is 30.2 Å². The molecule has 16 nitrogen and oxygen atoms in total. The van der Waals surface area contributed by atoms with Gasteiger partial charge in [0, 0.05) is 12.7 Å². The third-order valence-electron chi connectivity index (χ3n) is 6.20. The Morgan fingerprint density at radius 2 is 2.07 bits per heavy atom. The summed E-state index contributed by atoms with van der Waals surface area (Å²) in [6, 6.07) is 1.57. The molecule has 22 heteroatoms. The monoisotopic (exact) mass is 668 g/mol. The lowest BCUT2D eigenvalue weighted by atomic mass is 10.1. The van der Waals surface area contributed by atoms with E-state index in [4.69, 9.17) is 52.0 Å². The first-order valence-electron chi connectivity index (χ1n) is 11.7. The Morgan fingerprint density at radius 3 is 2.88 bits per heavy atom. The van der Waals surface area contributed by atoms with Gasteiger partial charge in [-0.1, -0.05) is 23.8 Å². The summed E-state index contributed by atoms with van der Waals surface area (Å²) in [5.74, 6) is 0.0109. The molecule has 1 saturated heterocycles. The molecule has 41 heavy (non-hydrogen) atoms. The van der Waals surface area contributed by atoms with E-state index in [0.29, 0.717) is 16.2 Å². The Bertz CT molecular complexity index is 1810. The number of nitrogens with one attached hydrogen (secondary N) is 1. The van der Waals surface area contributed by atoms with Crippen molar-refractivity contribution in [2.75, 3.05) is 18.9 Å². The number of nitrogen functional groups attached to an aromatic ring is 1. The lowest BCUT2D eigenvalue weighted by Gasteiger charge is -2.25. The molecule has 6 rings (SSSR count). The van der Waals surface area contributed by atoms with Crippen molar-refractivity contribution >= 4 is 77.4 Å². The van der Waals surface area contributed by atoms with Crippen LogP contribution < -0.4 is 11.3 Å². The molecule has 2 unspecified atom stereocenters. The molecule has 4 aromatic rings. The molecule has 2 bridgehead atoms. The second-order valence-electron chi connectivity index (χ2n) is 8.87. The minimum atomic E-state index is -4.19. The number of aromatic amines is 1. The summed E-state index contributed by atoms with van der Waals surface area (Å²) in [6.45, 7) is -9.26. The Hall–Kier alpha value is -2.02. The summed E-state index contributed by atoms with van der Waals surface area (Å²) < 4.78 is 59.2. The first kappa shape index (κ1) is 29.1. The Kier molecular flexibility index (Phi) is 7.74. The van der Waals surface area contributed by atoms with E-state index in [9.17, 15) is 14.3 Å². The molecule has 2 aliphatic heterocycles. The van der Waals surface area contributed by atoms with E-state index in [1.807, 2.05) is 0 Å². The van der Waals surface area contributed by atoms with Gasteiger partial charge in [0.05, 0.1) is 24.6 Å². The largest absolute Gasteiger partial charge is 0.386 e. The molecule has 0 spiro atoms. The van der Waals surface area contributed by atoms with Crippen LogP contribution in [0, 0.1) is 0 Å². The number of halogens is 2. The number of H-pyrrole nitrogens is 1. The van der Waals surface area contributed by atoms with Crippen LogP contribution in [0.2, 0.25) is 5.02 Å². The molecular formula is C19H20ClFN8O8P2S2. The van der Waals surface area contributed by atoms with Crippen molar-refractivity contribution in [1.29, 1.82) is 0 Å². The maximum atomic E-state index is 15.8. The van der Waals surface area contributed by atoms with Crippen LogP contribution in [0.15, 0.2) is 23.4 Å². The standard InChI is InChI=1S/C19H20ClFN8O8P2S2/c20-8-3-9-15(23-4-8)28-1-2-33-38(31,40)34-5-10-12(21)14(37-39(32,41)35-6-11(28)25-9)18(36-10)29-7-24-13-16(29)26-19(22)27-17(13)30/h3-4,7,10,12,14,18H,1-2,5-6H2,(H,31,40)(H,32,41)(H3,22,26,27,30)/t10-,12+,14+,18+,38?,39?/m0/s1. The number of nitrogens with two attached hydrogens (primary N) is 1. The average molecular weight is 669 g/mol. The molecule has 220 valence electrons. The normalized spacial score (nSPS) is 31.6. The van der Waals surface area contributed by atoms with Crippen molar-refractivity contribution in [1.82, 2.24) is 34.1 Å². The van der Waals surface area contributed by atoms with E-state index in [-0.39, 0.29) is 42.7 Å². The topological polar surface area (TPSA) is 204 Å². The summed E-state index contributed by atoms with van der Waals surface area (Å²) in [6.07, 6.45) is -3.85. The number of hydrogen-bond donors (Lipinski definition) is 4. The molecule has 0 amide bonds. The number of alkyl halides is 1. The molecule has 0 saturated carbocycles. The fraction of sp³-hybridized carbons (Fsp3) is 0.421. The van der Waals surface area contributed by atoms with Gasteiger partial charge in [0.2, 0.25) is 5.95 Å². The number of pyridine rings is 1. The molecule has 0 aliphatic carbocycles. The smallest absolute Gasteiger partial charge is 0.369 e. The SMILES string of the molecule is Nc1nc2c(ncn2[C@@H]2O[C@H]3COP(=O)(S)OCCn4c(nc5cc(Cl)cnc54)COP(O)(=S)O[C@@H]2[C@@H]3F)c(=O)[nH]1. The van der Waals surface area contributed by atoms with Crippen molar-refractivity contribution in [3.8, 4) is 0 Å². The lowest BCUT2D eigenvalue weighted by Crippen LogP contribution is -2.32. The summed E-state index contributed by atoms with van der Waals surface area (Å²) in [5, 5.41) is 0.331. The second kappa shape index (κ2) is 10.9. The molecule has 4 aromatic heterocycles. The molecule has 6 heterocycles. The Balaban J connectivity index is 1.38. The minimum absolute atomic E-state index is 0.0525. The van der Waals surface area contributed by atoms with Gasteiger partial charge in [-0.05, 0) is 17.9 Å².